The maximum Gasteiger partial charge on any atom is 0.412 e. The fraction of sp³-hybridized carbons (Fsp3) is 0.750. The number of nitrogens with one attached hydrogen (secondary N) is 2. The summed E-state index contributed by atoms with van der Waals surface area (Å²) in [7, 11) is 0. The molecular formula is C8H16N2O6. The highest BCUT2D eigenvalue weighted by Crippen LogP contribution is 2.04. The lowest BCUT2D eigenvalue weighted by Crippen LogP contribution is -2.35. The molecule has 0 spiro atoms. The Morgan fingerprint density at radius 3 is 1.88 bits per heavy atom. The summed E-state index contributed by atoms with van der Waals surface area (Å²) in [4.78, 5) is 21.8. The average Bonchev–Trinajstić information content (AvgIpc) is 2.18. The van der Waals surface area contributed by atoms with E-state index in [1.807, 2.05) is 17.6 Å². The number of amides is 2. The van der Waals surface area contributed by atoms with Gasteiger partial charge in [-0.1, -0.05) is 6.92 Å². The van der Waals surface area contributed by atoms with E-state index in [1.165, 1.54) is 0 Å². The molecule has 16 heavy (non-hydrogen) atoms. The van der Waals surface area contributed by atoms with Crippen molar-refractivity contribution < 1.29 is 29.3 Å². The van der Waals surface area contributed by atoms with Gasteiger partial charge in [-0.2, -0.15) is 0 Å². The standard InChI is InChI=1S/C8H16N2O6/c1-2-3-6(15-7(13)9-4-11)16-8(14)10-5-12/h6,11-12H,2-5H2,1H3,(H,9,13)(H,10,14). The van der Waals surface area contributed by atoms with Crippen LogP contribution in [0.2, 0.25) is 0 Å². The van der Waals surface area contributed by atoms with Crippen molar-refractivity contribution in [1.82, 2.24) is 10.6 Å². The molecular weight excluding hydrogens is 220 g/mol. The van der Waals surface area contributed by atoms with Crippen LogP contribution in [0.25, 0.3) is 0 Å². The highest BCUT2D eigenvalue weighted by molar-refractivity contribution is 5.69. The summed E-state index contributed by atoms with van der Waals surface area (Å²) in [5, 5.41) is 20.7. The van der Waals surface area contributed by atoms with E-state index in [0.717, 1.165) is 0 Å². The Morgan fingerprint density at radius 2 is 1.56 bits per heavy atom. The number of alkyl carbamates (subject to hydrolysis) is 2. The summed E-state index contributed by atoms with van der Waals surface area (Å²) >= 11 is 0. The summed E-state index contributed by atoms with van der Waals surface area (Å²) in [5.41, 5.74) is 0. The third-order valence-electron chi connectivity index (χ3n) is 1.45. The topological polar surface area (TPSA) is 117 Å². The minimum Gasteiger partial charge on any atom is -0.409 e. The molecule has 8 nitrogen and oxygen atoms in total. The molecule has 2 amide bonds. The Bertz CT molecular complexity index is 203. The molecule has 0 saturated heterocycles. The van der Waals surface area contributed by atoms with Crippen LogP contribution < -0.4 is 10.6 Å². The van der Waals surface area contributed by atoms with Crippen molar-refractivity contribution in [2.24, 2.45) is 0 Å². The third kappa shape index (κ3) is 6.85. The Kier molecular flexibility index (Phi) is 7.90. The first-order valence-corrected chi connectivity index (χ1v) is 4.74. The molecule has 0 aliphatic heterocycles. The molecule has 0 aromatic rings. The number of ether oxygens (including phenoxy) is 2. The smallest absolute Gasteiger partial charge is 0.409 e. The lowest BCUT2D eigenvalue weighted by Gasteiger charge is -2.17. The second kappa shape index (κ2) is 8.74. The number of aliphatic hydroxyl groups is 2. The monoisotopic (exact) mass is 236 g/mol. The number of aliphatic hydroxyl groups excluding tert-OH is 2. The van der Waals surface area contributed by atoms with Gasteiger partial charge in [-0.25, -0.2) is 9.59 Å². The summed E-state index contributed by atoms with van der Waals surface area (Å²) < 4.78 is 9.35. The molecule has 0 saturated carbocycles. The van der Waals surface area contributed by atoms with Crippen LogP contribution in [-0.4, -0.2) is 42.2 Å². The molecule has 0 atom stereocenters. The Balaban J connectivity index is 4.05. The van der Waals surface area contributed by atoms with Gasteiger partial charge in [0.05, 0.1) is 0 Å². The molecule has 94 valence electrons. The van der Waals surface area contributed by atoms with Gasteiger partial charge in [0.25, 0.3) is 6.29 Å². The fourth-order valence-electron chi connectivity index (χ4n) is 0.829. The van der Waals surface area contributed by atoms with Crippen LogP contribution in [0.5, 0.6) is 0 Å². The van der Waals surface area contributed by atoms with Gasteiger partial charge in [-0.05, 0) is 6.42 Å². The van der Waals surface area contributed by atoms with Gasteiger partial charge in [-0.15, -0.1) is 0 Å². The van der Waals surface area contributed by atoms with Crippen molar-refractivity contribution in [3.8, 4) is 0 Å². The van der Waals surface area contributed by atoms with E-state index in [2.05, 4.69) is 9.47 Å². The summed E-state index contributed by atoms with van der Waals surface area (Å²) in [6, 6.07) is 0. The lowest BCUT2D eigenvalue weighted by atomic mass is 10.3. The van der Waals surface area contributed by atoms with Gasteiger partial charge >= 0.3 is 12.2 Å². The molecule has 0 aromatic heterocycles. The fourth-order valence-corrected chi connectivity index (χ4v) is 0.829. The number of rotatable bonds is 6. The second-order valence-electron chi connectivity index (χ2n) is 2.70. The van der Waals surface area contributed by atoms with Gasteiger partial charge < -0.3 is 19.7 Å². The molecule has 0 fully saturated rings. The number of carbonyl (C=O) groups excluding carboxylic acids is 2. The zero-order valence-electron chi connectivity index (χ0n) is 8.93. The highest BCUT2D eigenvalue weighted by atomic mass is 16.7. The predicted octanol–water partition coefficient (Wildman–Crippen LogP) is -0.535. The van der Waals surface area contributed by atoms with E-state index < -0.39 is 31.9 Å². The molecule has 0 radical (unpaired) electrons. The average molecular weight is 236 g/mol. The van der Waals surface area contributed by atoms with E-state index in [9.17, 15) is 9.59 Å². The molecule has 0 aliphatic rings. The van der Waals surface area contributed by atoms with Crippen LogP contribution in [0, 0.1) is 0 Å². The normalized spacial score (nSPS) is 9.75. The predicted molar refractivity (Wildman–Crippen MR) is 52.1 cm³/mol. The van der Waals surface area contributed by atoms with Crippen molar-refractivity contribution in [2.75, 3.05) is 13.5 Å². The minimum atomic E-state index is -1.05. The molecule has 0 aromatic carbocycles. The van der Waals surface area contributed by atoms with Crippen molar-refractivity contribution in [2.45, 2.75) is 26.1 Å². The highest BCUT2D eigenvalue weighted by Gasteiger charge is 2.17. The molecule has 4 N–H and O–H groups in total. The third-order valence-corrected chi connectivity index (χ3v) is 1.45. The van der Waals surface area contributed by atoms with Crippen LogP contribution in [-0.2, 0) is 9.47 Å². The van der Waals surface area contributed by atoms with E-state index in [-0.39, 0.29) is 0 Å². The van der Waals surface area contributed by atoms with Gasteiger partial charge in [0.2, 0.25) is 0 Å². The van der Waals surface area contributed by atoms with Gasteiger partial charge in [0.1, 0.15) is 13.5 Å². The van der Waals surface area contributed by atoms with Gasteiger partial charge in [-0.3, -0.25) is 10.6 Å². The SMILES string of the molecule is CCCC(OC(=O)NCO)OC(=O)NCO. The van der Waals surface area contributed by atoms with Crippen LogP contribution in [0.4, 0.5) is 9.59 Å². The van der Waals surface area contributed by atoms with Crippen molar-refractivity contribution in [3.05, 3.63) is 0 Å². The first kappa shape index (κ1) is 14.5. The second-order valence-corrected chi connectivity index (χ2v) is 2.70. The van der Waals surface area contributed by atoms with Crippen LogP contribution in [0.3, 0.4) is 0 Å². The van der Waals surface area contributed by atoms with E-state index in [4.69, 9.17) is 10.2 Å². The number of hydrogen-bond donors (Lipinski definition) is 4. The molecule has 0 unspecified atom stereocenters. The van der Waals surface area contributed by atoms with E-state index in [0.29, 0.717) is 12.8 Å². The summed E-state index contributed by atoms with van der Waals surface area (Å²) in [5.74, 6) is 0. The van der Waals surface area contributed by atoms with E-state index in [1.54, 1.807) is 0 Å². The molecule has 0 aliphatic carbocycles. The number of hydrogen-bond acceptors (Lipinski definition) is 6. The molecule has 8 heteroatoms. The van der Waals surface area contributed by atoms with Crippen molar-refractivity contribution in [1.29, 1.82) is 0 Å². The Labute approximate surface area is 92.5 Å². The molecule has 0 rings (SSSR count). The van der Waals surface area contributed by atoms with Gasteiger partial charge in [0, 0.05) is 6.42 Å². The van der Waals surface area contributed by atoms with Crippen LogP contribution in [0.15, 0.2) is 0 Å². The van der Waals surface area contributed by atoms with Crippen molar-refractivity contribution in [3.63, 3.8) is 0 Å². The molecule has 0 bridgehead atoms. The van der Waals surface area contributed by atoms with Crippen molar-refractivity contribution >= 4 is 12.2 Å². The van der Waals surface area contributed by atoms with Gasteiger partial charge in [0.15, 0.2) is 0 Å². The lowest BCUT2D eigenvalue weighted by molar-refractivity contribution is -0.0678. The first-order chi connectivity index (χ1) is 7.63. The van der Waals surface area contributed by atoms with Crippen LogP contribution in [0.1, 0.15) is 19.8 Å². The van der Waals surface area contributed by atoms with Crippen LogP contribution >= 0.6 is 0 Å². The first-order valence-electron chi connectivity index (χ1n) is 4.74. The Hall–Kier alpha value is -1.54. The number of carbonyl (C=O) groups is 2. The summed E-state index contributed by atoms with van der Waals surface area (Å²) in [6.45, 7) is 0.675. The zero-order valence-corrected chi connectivity index (χ0v) is 8.93. The molecule has 0 heterocycles. The summed E-state index contributed by atoms with van der Waals surface area (Å²) in [6.07, 6.45) is -1.89. The quantitative estimate of drug-likeness (QED) is 0.460. The largest absolute Gasteiger partial charge is 0.412 e. The van der Waals surface area contributed by atoms with E-state index >= 15 is 0 Å². The maximum atomic E-state index is 10.9. The maximum absolute atomic E-state index is 10.9. The minimum absolute atomic E-state index is 0.317. The Morgan fingerprint density at radius 1 is 1.12 bits per heavy atom. The zero-order chi connectivity index (χ0) is 12.4.